The third-order valence-electron chi connectivity index (χ3n) is 3.81. The first-order valence-electron chi connectivity index (χ1n) is 8.99. The molecular formula is C17H34Br2N2Na2O3. The van der Waals surface area contributed by atoms with Gasteiger partial charge in [-0.25, -0.2) is 0 Å². The van der Waals surface area contributed by atoms with Crippen LogP contribution >= 0.6 is 31.9 Å². The maximum absolute atomic E-state index is 8.33. The summed E-state index contributed by atoms with van der Waals surface area (Å²) in [4.78, 5) is 8.33. The Morgan fingerprint density at radius 3 is 1.38 bits per heavy atom. The van der Waals surface area contributed by atoms with Crippen molar-refractivity contribution in [3.8, 4) is 0 Å². The number of nitrogens with one attached hydrogen (secondary N) is 1. The molecule has 146 valence electrons. The zero-order valence-corrected chi connectivity index (χ0v) is 23.9. The number of rotatable bonds is 10. The van der Waals surface area contributed by atoms with Crippen LogP contribution in [-0.4, -0.2) is 36.4 Å². The Labute approximate surface area is 221 Å². The van der Waals surface area contributed by atoms with Crippen LogP contribution in [-0.2, 0) is 0 Å². The van der Waals surface area contributed by atoms with Crippen LogP contribution in [0.3, 0.4) is 0 Å². The molecule has 1 saturated heterocycles. The second-order valence-corrected chi connectivity index (χ2v) is 7.47. The van der Waals surface area contributed by atoms with E-state index in [1.165, 1.54) is 88.0 Å². The first-order chi connectivity index (χ1) is 11.6. The maximum Gasteiger partial charge on any atom is 1.00 e. The molecular weight excluding hydrogens is 486 g/mol. The zero-order chi connectivity index (χ0) is 18.5. The Hall–Kier alpha value is 2.15. The minimum atomic E-state index is -2.33. The molecule has 1 rings (SSSR count). The van der Waals surface area contributed by atoms with E-state index in [2.05, 4.69) is 37.2 Å². The maximum atomic E-state index is 8.33. The summed E-state index contributed by atoms with van der Waals surface area (Å²) in [6.45, 7) is 3.21. The van der Waals surface area contributed by atoms with Gasteiger partial charge in [0.25, 0.3) is 0 Å². The van der Waals surface area contributed by atoms with Crippen molar-refractivity contribution in [1.29, 1.82) is 0 Å². The van der Waals surface area contributed by atoms with E-state index in [-0.39, 0.29) is 59.1 Å². The first kappa shape index (κ1) is 35.6. The van der Waals surface area contributed by atoms with Crippen LogP contribution in [0, 0.1) is 5.92 Å². The number of carboxylic acid groups (broad SMARTS) is 2. The van der Waals surface area contributed by atoms with Crippen molar-refractivity contribution in [3.05, 3.63) is 0 Å². The molecule has 0 aromatic heterocycles. The van der Waals surface area contributed by atoms with Gasteiger partial charge < -0.3 is 26.1 Å². The van der Waals surface area contributed by atoms with Crippen LogP contribution in [0.15, 0.2) is 0 Å². The van der Waals surface area contributed by atoms with E-state index in [1.807, 2.05) is 0 Å². The molecule has 0 aliphatic carbocycles. The van der Waals surface area contributed by atoms with E-state index in [9.17, 15) is 0 Å². The Morgan fingerprint density at radius 1 is 0.846 bits per heavy atom. The van der Waals surface area contributed by atoms with Gasteiger partial charge in [0, 0.05) is 10.7 Å². The van der Waals surface area contributed by atoms with Crippen molar-refractivity contribution in [1.82, 2.24) is 5.32 Å². The van der Waals surface area contributed by atoms with Crippen molar-refractivity contribution in [2.24, 2.45) is 11.7 Å². The summed E-state index contributed by atoms with van der Waals surface area (Å²) in [6.07, 6.45) is 11.5. The van der Waals surface area contributed by atoms with Crippen molar-refractivity contribution >= 4 is 38.0 Å². The topological polar surface area (TPSA) is 101 Å². The summed E-state index contributed by atoms with van der Waals surface area (Å²) in [5, 5.41) is 22.3. The van der Waals surface area contributed by atoms with E-state index in [0.29, 0.717) is 0 Å². The number of hydrogen-bond donors (Lipinski definition) is 2. The second kappa shape index (κ2) is 31.8. The number of alkyl halides is 2. The molecule has 9 heteroatoms. The van der Waals surface area contributed by atoms with E-state index in [1.54, 1.807) is 0 Å². The quantitative estimate of drug-likeness (QED) is 0.176. The van der Waals surface area contributed by atoms with Crippen molar-refractivity contribution < 1.29 is 74.1 Å². The summed E-state index contributed by atoms with van der Waals surface area (Å²) in [7, 11) is 0. The van der Waals surface area contributed by atoms with Crippen LogP contribution in [0.5, 0.6) is 0 Å². The Morgan fingerprint density at radius 2 is 1.15 bits per heavy atom. The Bertz CT molecular complexity index is 250. The number of halogens is 2. The molecule has 0 atom stereocenters. The van der Waals surface area contributed by atoms with Gasteiger partial charge in [-0.3, -0.25) is 0 Å². The van der Waals surface area contributed by atoms with E-state index in [0.717, 1.165) is 12.5 Å². The Kier molecular flexibility index (Phi) is 43.6. The van der Waals surface area contributed by atoms with Gasteiger partial charge in [-0.1, -0.05) is 70.4 Å². The summed E-state index contributed by atoms with van der Waals surface area (Å²) in [5.74, 6) is 0.802. The van der Waals surface area contributed by atoms with Crippen molar-refractivity contribution in [2.45, 2.75) is 64.2 Å². The third kappa shape index (κ3) is 37.0. The SMILES string of the molecule is BrCCCCCCCCCCBr.NCC1CCNCC1.O=C([O-])[O-].[Na+].[Na+]. The summed E-state index contributed by atoms with van der Waals surface area (Å²) >= 11 is 6.90. The summed E-state index contributed by atoms with van der Waals surface area (Å²) in [6, 6.07) is 0. The minimum absolute atomic E-state index is 0. The molecule has 0 unspecified atom stereocenters. The average molecular weight is 520 g/mol. The van der Waals surface area contributed by atoms with Gasteiger partial charge in [-0.05, 0) is 57.4 Å². The van der Waals surface area contributed by atoms with Gasteiger partial charge in [0.15, 0.2) is 0 Å². The molecule has 0 bridgehead atoms. The standard InChI is InChI=1S/C10H20Br2.C6H14N2.CH2O3.2Na/c11-9-7-5-3-1-2-4-6-8-10-12;7-5-6-1-3-8-4-2-6;2-1(3)4;;/h1-10H2;6,8H,1-5,7H2;(H2,2,3,4);;/q;;;2*+1/p-2. The van der Waals surface area contributed by atoms with E-state index < -0.39 is 6.16 Å². The van der Waals surface area contributed by atoms with Crippen LogP contribution in [0.2, 0.25) is 0 Å². The predicted molar refractivity (Wildman–Crippen MR) is 105 cm³/mol. The molecule has 5 nitrogen and oxygen atoms in total. The van der Waals surface area contributed by atoms with Crippen LogP contribution in [0.4, 0.5) is 4.79 Å². The van der Waals surface area contributed by atoms with Crippen LogP contribution < -0.4 is 80.4 Å². The molecule has 0 amide bonds. The monoisotopic (exact) mass is 518 g/mol. The molecule has 1 aliphatic rings. The van der Waals surface area contributed by atoms with E-state index >= 15 is 0 Å². The summed E-state index contributed by atoms with van der Waals surface area (Å²) < 4.78 is 0. The molecule has 0 spiro atoms. The van der Waals surface area contributed by atoms with Crippen LogP contribution in [0.1, 0.15) is 64.2 Å². The van der Waals surface area contributed by atoms with Crippen molar-refractivity contribution in [2.75, 3.05) is 30.3 Å². The third-order valence-corrected chi connectivity index (χ3v) is 4.93. The molecule has 3 N–H and O–H groups in total. The molecule has 1 fully saturated rings. The zero-order valence-electron chi connectivity index (χ0n) is 16.7. The molecule has 0 aromatic rings. The fourth-order valence-electron chi connectivity index (χ4n) is 2.37. The molecule has 26 heavy (non-hydrogen) atoms. The molecule has 0 radical (unpaired) electrons. The first-order valence-corrected chi connectivity index (χ1v) is 11.2. The molecule has 1 aliphatic heterocycles. The largest absolute Gasteiger partial charge is 1.00 e. The van der Waals surface area contributed by atoms with Gasteiger partial charge in [-0.2, -0.15) is 0 Å². The molecule has 0 saturated carbocycles. The number of unbranched alkanes of at least 4 members (excludes halogenated alkanes) is 7. The van der Waals surface area contributed by atoms with Gasteiger partial charge in [0.05, 0.1) is 0 Å². The predicted octanol–water partition coefficient (Wildman–Crippen LogP) is -3.60. The molecule has 0 aromatic carbocycles. The smallest absolute Gasteiger partial charge is 0.652 e. The second-order valence-electron chi connectivity index (χ2n) is 5.89. The van der Waals surface area contributed by atoms with Gasteiger partial charge in [0.1, 0.15) is 0 Å². The number of nitrogens with two attached hydrogens (primary N) is 1. The van der Waals surface area contributed by atoms with Crippen LogP contribution in [0.25, 0.3) is 0 Å². The fourth-order valence-corrected chi connectivity index (χ4v) is 3.16. The van der Waals surface area contributed by atoms with Gasteiger partial charge in [0.2, 0.25) is 0 Å². The van der Waals surface area contributed by atoms with E-state index in [4.69, 9.17) is 20.7 Å². The number of hydrogen-bond acceptors (Lipinski definition) is 5. The normalized spacial score (nSPS) is 13.0. The number of piperidine rings is 1. The molecule has 1 heterocycles. The fraction of sp³-hybridized carbons (Fsp3) is 0.941. The number of carbonyl (C=O) groups is 1. The summed E-state index contributed by atoms with van der Waals surface area (Å²) in [5.41, 5.74) is 5.48. The minimum Gasteiger partial charge on any atom is -0.652 e. The van der Waals surface area contributed by atoms with Crippen molar-refractivity contribution in [3.63, 3.8) is 0 Å². The van der Waals surface area contributed by atoms with Gasteiger partial charge in [-0.15, -0.1) is 0 Å². The Balaban J connectivity index is -0.000000150. The number of carbonyl (C=O) groups excluding carboxylic acids is 1. The van der Waals surface area contributed by atoms with Gasteiger partial charge >= 0.3 is 59.1 Å². The average Bonchev–Trinajstić information content (AvgIpc) is 2.58.